The highest BCUT2D eigenvalue weighted by Crippen LogP contribution is 2.07. The molecule has 10 heteroatoms. The highest BCUT2D eigenvalue weighted by molar-refractivity contribution is 5.91. The minimum absolute atomic E-state index is 0. The van der Waals surface area contributed by atoms with E-state index in [2.05, 4.69) is 10.3 Å². The zero-order chi connectivity index (χ0) is 18.9. The SMILES string of the molecule is O=C(C[NH+]1CC[NH+](CCCO)CC1)Nc1ccc([NH2+]c2ccccc2)nc1.[Cl-].[Cl-].[Cl-]. The Morgan fingerprint density at radius 2 is 1.67 bits per heavy atom. The van der Waals surface area contributed by atoms with Crippen molar-refractivity contribution in [2.24, 2.45) is 0 Å². The maximum Gasteiger partial charge on any atom is 0.279 e. The van der Waals surface area contributed by atoms with Crippen LogP contribution in [0.15, 0.2) is 48.7 Å². The first kappa shape index (κ1) is 28.5. The summed E-state index contributed by atoms with van der Waals surface area (Å²) in [6.45, 7) is 5.90. The van der Waals surface area contributed by atoms with Gasteiger partial charge in [0.05, 0.1) is 18.4 Å². The van der Waals surface area contributed by atoms with E-state index in [1.807, 2.05) is 47.8 Å². The second kappa shape index (κ2) is 15.4. The fraction of sp³-hybridized carbons (Fsp3) is 0.400. The molecule has 0 aliphatic carbocycles. The number of aliphatic hydroxyl groups is 1. The van der Waals surface area contributed by atoms with E-state index >= 15 is 0 Å². The summed E-state index contributed by atoms with van der Waals surface area (Å²) < 4.78 is 0. The van der Waals surface area contributed by atoms with Gasteiger partial charge in [-0.05, 0) is 18.2 Å². The largest absolute Gasteiger partial charge is 1.00 e. The van der Waals surface area contributed by atoms with Crippen molar-refractivity contribution < 1.29 is 62.2 Å². The Morgan fingerprint density at radius 3 is 2.27 bits per heavy atom. The van der Waals surface area contributed by atoms with Gasteiger partial charge in [0.1, 0.15) is 31.9 Å². The van der Waals surface area contributed by atoms with Crippen molar-refractivity contribution in [3.05, 3.63) is 48.7 Å². The van der Waals surface area contributed by atoms with Crippen molar-refractivity contribution in [1.29, 1.82) is 0 Å². The molecule has 1 saturated heterocycles. The zero-order valence-corrected chi connectivity index (χ0v) is 19.1. The summed E-state index contributed by atoms with van der Waals surface area (Å²) >= 11 is 0. The van der Waals surface area contributed by atoms with Crippen LogP contribution in [0.25, 0.3) is 0 Å². The van der Waals surface area contributed by atoms with E-state index in [-0.39, 0.29) is 49.7 Å². The number of nitrogens with one attached hydrogen (secondary N) is 3. The number of para-hydroxylation sites is 1. The Hall–Kier alpha value is -1.45. The molecule has 0 radical (unpaired) electrons. The van der Waals surface area contributed by atoms with Gasteiger partial charge >= 0.3 is 0 Å². The summed E-state index contributed by atoms with van der Waals surface area (Å²) in [5.74, 6) is 0.900. The van der Waals surface area contributed by atoms with E-state index in [9.17, 15) is 4.79 Å². The van der Waals surface area contributed by atoms with E-state index in [4.69, 9.17) is 5.11 Å². The number of carbonyl (C=O) groups is 1. The number of halogens is 3. The zero-order valence-electron chi connectivity index (χ0n) is 16.8. The molecule has 1 amide bonds. The van der Waals surface area contributed by atoms with Gasteiger partial charge in [-0.1, -0.05) is 18.2 Å². The van der Waals surface area contributed by atoms with Crippen LogP contribution in [0.5, 0.6) is 0 Å². The predicted octanol–water partition coefficient (Wildman–Crippen LogP) is -11.3. The molecule has 0 bridgehead atoms. The summed E-state index contributed by atoms with van der Waals surface area (Å²) in [5, 5.41) is 13.9. The van der Waals surface area contributed by atoms with Crippen LogP contribution in [0.3, 0.4) is 0 Å². The number of aliphatic hydroxyl groups excluding tert-OH is 1. The number of nitrogens with two attached hydrogens (primary N) is 1. The molecular formula is C20H30Cl3N5O2. The van der Waals surface area contributed by atoms with Crippen LogP contribution < -0.4 is 57.7 Å². The fourth-order valence-corrected chi connectivity index (χ4v) is 3.43. The molecule has 2 heterocycles. The summed E-state index contributed by atoms with van der Waals surface area (Å²) in [7, 11) is 0. The van der Waals surface area contributed by atoms with Crippen LogP contribution in [0.1, 0.15) is 6.42 Å². The number of nitrogens with zero attached hydrogens (tertiary/aromatic N) is 1. The van der Waals surface area contributed by atoms with Crippen molar-refractivity contribution in [3.8, 4) is 0 Å². The second-order valence-electron chi connectivity index (χ2n) is 7.08. The Morgan fingerprint density at radius 1 is 1.00 bits per heavy atom. The molecule has 1 fully saturated rings. The minimum Gasteiger partial charge on any atom is -1.00 e. The maximum atomic E-state index is 12.3. The number of hydrogen-bond donors (Lipinski definition) is 5. The highest BCUT2D eigenvalue weighted by atomic mass is 35.5. The third-order valence-corrected chi connectivity index (χ3v) is 4.95. The molecule has 1 aliphatic heterocycles. The normalized spacial score (nSPS) is 17.6. The summed E-state index contributed by atoms with van der Waals surface area (Å²) in [4.78, 5) is 19.6. The molecule has 1 aromatic carbocycles. The Balaban J connectivity index is 0.00000280. The van der Waals surface area contributed by atoms with Gasteiger partial charge in [0.2, 0.25) is 5.82 Å². The lowest BCUT2D eigenvalue weighted by atomic mass is 10.3. The Labute approximate surface area is 196 Å². The molecule has 0 saturated carbocycles. The summed E-state index contributed by atoms with van der Waals surface area (Å²) in [6, 6.07) is 13.9. The lowest BCUT2D eigenvalue weighted by molar-refractivity contribution is -1.01. The van der Waals surface area contributed by atoms with Crippen molar-refractivity contribution in [1.82, 2.24) is 4.98 Å². The van der Waals surface area contributed by atoms with Crippen LogP contribution in [0.4, 0.5) is 17.2 Å². The number of rotatable bonds is 8. The molecule has 2 aromatic rings. The van der Waals surface area contributed by atoms with Gasteiger partial charge in [-0.15, -0.1) is 0 Å². The third kappa shape index (κ3) is 9.57. The first-order chi connectivity index (χ1) is 13.2. The van der Waals surface area contributed by atoms with E-state index in [1.54, 1.807) is 6.20 Å². The van der Waals surface area contributed by atoms with Gasteiger partial charge in [0, 0.05) is 19.1 Å². The fourth-order valence-electron chi connectivity index (χ4n) is 3.43. The summed E-state index contributed by atoms with van der Waals surface area (Å²) in [6.07, 6.45) is 2.56. The Bertz CT molecular complexity index is 714. The predicted molar refractivity (Wildman–Crippen MR) is 103 cm³/mol. The van der Waals surface area contributed by atoms with E-state index < -0.39 is 0 Å². The molecule has 0 unspecified atom stereocenters. The van der Waals surface area contributed by atoms with Crippen LogP contribution in [0, 0.1) is 0 Å². The van der Waals surface area contributed by atoms with Gasteiger partial charge in [0.15, 0.2) is 6.54 Å². The number of anilines is 1. The molecule has 3 rings (SSSR count). The van der Waals surface area contributed by atoms with Gasteiger partial charge in [0.25, 0.3) is 5.91 Å². The smallest absolute Gasteiger partial charge is 0.279 e. The Kier molecular flexibility index (Phi) is 14.6. The van der Waals surface area contributed by atoms with E-state index in [0.717, 1.165) is 56.3 Å². The van der Waals surface area contributed by atoms with Crippen molar-refractivity contribution in [3.63, 3.8) is 0 Å². The number of amides is 1. The number of benzene rings is 1. The van der Waals surface area contributed by atoms with Gasteiger partial charge in [-0.3, -0.25) is 10.1 Å². The van der Waals surface area contributed by atoms with Gasteiger partial charge in [-0.25, -0.2) is 4.98 Å². The molecule has 0 atom stereocenters. The number of hydrogen-bond acceptors (Lipinski definition) is 3. The molecule has 0 spiro atoms. The van der Waals surface area contributed by atoms with Gasteiger partial charge < -0.3 is 57.4 Å². The number of piperazine rings is 1. The number of pyridine rings is 1. The average molecular weight is 479 g/mol. The average Bonchev–Trinajstić information content (AvgIpc) is 2.70. The quantitative estimate of drug-likeness (QED) is 0.244. The lowest BCUT2D eigenvalue weighted by Gasteiger charge is -2.29. The van der Waals surface area contributed by atoms with Gasteiger partial charge in [-0.2, -0.15) is 0 Å². The van der Waals surface area contributed by atoms with Crippen LogP contribution >= 0.6 is 0 Å². The maximum absolute atomic E-state index is 12.3. The van der Waals surface area contributed by atoms with Crippen molar-refractivity contribution in [2.45, 2.75) is 6.42 Å². The van der Waals surface area contributed by atoms with Crippen LogP contribution in [0.2, 0.25) is 0 Å². The van der Waals surface area contributed by atoms with Crippen molar-refractivity contribution in [2.75, 3.05) is 51.2 Å². The highest BCUT2D eigenvalue weighted by Gasteiger charge is 2.24. The first-order valence-electron chi connectivity index (χ1n) is 9.66. The minimum atomic E-state index is 0. The van der Waals surface area contributed by atoms with Crippen LogP contribution in [-0.4, -0.2) is 61.9 Å². The van der Waals surface area contributed by atoms with Crippen LogP contribution in [-0.2, 0) is 4.79 Å². The standard InChI is InChI=1S/C20H27N5O2.3ClH/c26-14-4-9-24-10-12-25(13-11-24)16-20(27)23-18-7-8-19(21-15-18)22-17-5-2-1-3-6-17;;;/h1-3,5-8,15,26H,4,9-14,16H2,(H,21,22)(H,23,27);3*1H. The van der Waals surface area contributed by atoms with Crippen molar-refractivity contribution >= 4 is 23.1 Å². The van der Waals surface area contributed by atoms with E-state index in [0.29, 0.717) is 6.54 Å². The number of quaternary nitrogens is 3. The number of aromatic nitrogens is 1. The monoisotopic (exact) mass is 477 g/mol. The molecule has 1 aromatic heterocycles. The molecule has 30 heavy (non-hydrogen) atoms. The molecule has 1 aliphatic rings. The number of carbonyl (C=O) groups excluding carboxylic acids is 1. The third-order valence-electron chi connectivity index (χ3n) is 4.95. The topological polar surface area (TPSA) is 87.7 Å². The first-order valence-corrected chi connectivity index (χ1v) is 9.66. The van der Waals surface area contributed by atoms with E-state index in [1.165, 1.54) is 9.80 Å². The second-order valence-corrected chi connectivity index (χ2v) is 7.08. The lowest BCUT2D eigenvalue weighted by Crippen LogP contribution is -3.28. The summed E-state index contributed by atoms with van der Waals surface area (Å²) in [5.41, 5.74) is 1.84. The molecule has 7 nitrogen and oxygen atoms in total. The molecule has 6 N–H and O–H groups in total. The molecular weight excluding hydrogens is 449 g/mol. The molecule has 168 valence electrons.